The maximum Gasteiger partial charge on any atom is 0.254 e. The number of nitriles is 1. The van der Waals surface area contributed by atoms with Gasteiger partial charge in [0.25, 0.3) is 5.91 Å². The second-order valence-corrected chi connectivity index (χ2v) is 6.39. The van der Waals surface area contributed by atoms with Crippen LogP contribution in [0.4, 0.5) is 5.82 Å². The molecule has 132 valence electrons. The Bertz CT molecular complexity index is 853. The third kappa shape index (κ3) is 3.11. The average Bonchev–Trinajstić information content (AvgIpc) is 2.73. The molecule has 1 aromatic carbocycles. The topological polar surface area (TPSA) is 82.3 Å². The number of aromatic nitrogens is 2. The van der Waals surface area contributed by atoms with E-state index in [9.17, 15) is 4.79 Å². The Kier molecular flexibility index (Phi) is 4.50. The van der Waals surface area contributed by atoms with Crippen molar-refractivity contribution in [3.8, 4) is 6.07 Å². The largest absolute Gasteiger partial charge is 0.378 e. The molecule has 2 aliphatic rings. The molecule has 0 unspecified atom stereocenters. The second kappa shape index (κ2) is 7.10. The van der Waals surface area contributed by atoms with Crippen LogP contribution < -0.4 is 4.90 Å². The predicted molar refractivity (Wildman–Crippen MR) is 94.7 cm³/mol. The molecule has 0 bridgehead atoms. The minimum atomic E-state index is -0.0355. The number of ether oxygens (including phenoxy) is 1. The Morgan fingerprint density at radius 3 is 2.62 bits per heavy atom. The van der Waals surface area contributed by atoms with E-state index in [0.717, 1.165) is 36.6 Å². The van der Waals surface area contributed by atoms with Crippen molar-refractivity contribution in [2.45, 2.75) is 13.0 Å². The third-order valence-electron chi connectivity index (χ3n) is 4.84. The smallest absolute Gasteiger partial charge is 0.254 e. The summed E-state index contributed by atoms with van der Waals surface area (Å²) < 4.78 is 5.42. The van der Waals surface area contributed by atoms with E-state index < -0.39 is 0 Å². The van der Waals surface area contributed by atoms with Gasteiger partial charge in [-0.05, 0) is 30.7 Å². The fourth-order valence-electron chi connectivity index (χ4n) is 3.43. The predicted octanol–water partition coefficient (Wildman–Crippen LogP) is 1.38. The van der Waals surface area contributed by atoms with Crippen LogP contribution in [-0.2, 0) is 17.7 Å². The molecule has 26 heavy (non-hydrogen) atoms. The number of anilines is 1. The monoisotopic (exact) mass is 349 g/mol. The molecule has 1 fully saturated rings. The summed E-state index contributed by atoms with van der Waals surface area (Å²) in [6, 6.07) is 8.82. The molecule has 1 aromatic heterocycles. The summed E-state index contributed by atoms with van der Waals surface area (Å²) >= 11 is 0. The zero-order valence-corrected chi connectivity index (χ0v) is 14.4. The zero-order chi connectivity index (χ0) is 17.9. The van der Waals surface area contributed by atoms with Gasteiger partial charge in [0.05, 0.1) is 37.1 Å². The highest BCUT2D eigenvalue weighted by Gasteiger charge is 2.27. The first-order valence-corrected chi connectivity index (χ1v) is 8.71. The van der Waals surface area contributed by atoms with Crippen molar-refractivity contribution in [2.24, 2.45) is 0 Å². The Hall–Kier alpha value is -2.98. The number of hydrogen-bond acceptors (Lipinski definition) is 6. The van der Waals surface area contributed by atoms with Crippen molar-refractivity contribution >= 4 is 11.7 Å². The Balaban J connectivity index is 1.54. The van der Waals surface area contributed by atoms with Crippen LogP contribution in [0.5, 0.6) is 0 Å². The fraction of sp³-hybridized carbons (Fsp3) is 0.368. The Morgan fingerprint density at radius 2 is 1.88 bits per heavy atom. The van der Waals surface area contributed by atoms with Gasteiger partial charge in [0.15, 0.2) is 0 Å². The van der Waals surface area contributed by atoms with Gasteiger partial charge in [-0.25, -0.2) is 9.97 Å². The highest BCUT2D eigenvalue weighted by molar-refractivity contribution is 5.94. The van der Waals surface area contributed by atoms with Crippen LogP contribution in [-0.4, -0.2) is 53.6 Å². The highest BCUT2D eigenvalue weighted by Crippen LogP contribution is 2.26. The van der Waals surface area contributed by atoms with E-state index in [1.807, 2.05) is 0 Å². The molecule has 0 atom stereocenters. The molecule has 0 N–H and O–H groups in total. The number of carbonyl (C=O) groups excluding carboxylic acids is 1. The average molecular weight is 349 g/mol. The summed E-state index contributed by atoms with van der Waals surface area (Å²) in [5.74, 6) is 0.940. The summed E-state index contributed by atoms with van der Waals surface area (Å²) in [6.07, 6.45) is 2.32. The highest BCUT2D eigenvalue weighted by atomic mass is 16.5. The van der Waals surface area contributed by atoms with E-state index >= 15 is 0 Å². The molecule has 7 heteroatoms. The van der Waals surface area contributed by atoms with Crippen LogP contribution >= 0.6 is 0 Å². The van der Waals surface area contributed by atoms with Crippen molar-refractivity contribution in [1.82, 2.24) is 14.9 Å². The van der Waals surface area contributed by atoms with Crippen LogP contribution in [0.25, 0.3) is 0 Å². The van der Waals surface area contributed by atoms with Crippen LogP contribution in [0.1, 0.15) is 27.2 Å². The van der Waals surface area contributed by atoms with Gasteiger partial charge in [0, 0.05) is 30.8 Å². The lowest BCUT2D eigenvalue weighted by Gasteiger charge is -2.33. The molecule has 0 saturated carbocycles. The number of carbonyl (C=O) groups is 1. The number of morpholine rings is 1. The van der Waals surface area contributed by atoms with Crippen LogP contribution in [0, 0.1) is 11.3 Å². The standard InChI is InChI=1S/C19H19N5O2/c20-11-14-1-3-15(4-2-14)19(25)24-6-5-16-17(12-24)21-13-22-18(16)23-7-9-26-10-8-23/h1-4,13H,5-10,12H2. The fourth-order valence-corrected chi connectivity index (χ4v) is 3.43. The molecule has 0 radical (unpaired) electrons. The SMILES string of the molecule is N#Cc1ccc(C(=O)N2CCc3c(ncnc3N3CCOCC3)C2)cc1. The number of nitrogens with zero attached hydrogens (tertiary/aromatic N) is 5. The van der Waals surface area contributed by atoms with E-state index in [1.54, 1.807) is 35.5 Å². The van der Waals surface area contributed by atoms with Gasteiger partial charge in [-0.1, -0.05) is 0 Å². The van der Waals surface area contributed by atoms with Crippen molar-refractivity contribution in [3.05, 3.63) is 53.0 Å². The first kappa shape index (κ1) is 16.5. The van der Waals surface area contributed by atoms with Crippen LogP contribution in [0.3, 0.4) is 0 Å². The first-order chi connectivity index (χ1) is 12.8. The van der Waals surface area contributed by atoms with Gasteiger partial charge in [-0.2, -0.15) is 5.26 Å². The summed E-state index contributed by atoms with van der Waals surface area (Å²) in [5, 5.41) is 8.89. The first-order valence-electron chi connectivity index (χ1n) is 8.71. The van der Waals surface area contributed by atoms with Gasteiger partial charge in [-0.15, -0.1) is 0 Å². The summed E-state index contributed by atoms with van der Waals surface area (Å²) in [7, 11) is 0. The minimum Gasteiger partial charge on any atom is -0.378 e. The maximum atomic E-state index is 12.8. The Morgan fingerprint density at radius 1 is 1.12 bits per heavy atom. The van der Waals surface area contributed by atoms with E-state index in [4.69, 9.17) is 10.00 Å². The molecule has 0 spiro atoms. The van der Waals surface area contributed by atoms with E-state index in [0.29, 0.717) is 37.4 Å². The third-order valence-corrected chi connectivity index (χ3v) is 4.84. The maximum absolute atomic E-state index is 12.8. The normalized spacial score (nSPS) is 16.7. The molecule has 0 aliphatic carbocycles. The number of fused-ring (bicyclic) bond motifs is 1. The molecule has 2 aliphatic heterocycles. The van der Waals surface area contributed by atoms with Crippen molar-refractivity contribution in [2.75, 3.05) is 37.7 Å². The van der Waals surface area contributed by atoms with Gasteiger partial charge in [-0.3, -0.25) is 4.79 Å². The zero-order valence-electron chi connectivity index (χ0n) is 14.4. The molecule has 4 rings (SSSR count). The lowest BCUT2D eigenvalue weighted by Crippen LogP contribution is -2.40. The van der Waals surface area contributed by atoms with Crippen molar-refractivity contribution in [3.63, 3.8) is 0 Å². The van der Waals surface area contributed by atoms with Crippen LogP contribution in [0.2, 0.25) is 0 Å². The van der Waals surface area contributed by atoms with Crippen molar-refractivity contribution < 1.29 is 9.53 Å². The lowest BCUT2D eigenvalue weighted by molar-refractivity contribution is 0.0731. The van der Waals surface area contributed by atoms with E-state index in [-0.39, 0.29) is 5.91 Å². The van der Waals surface area contributed by atoms with Crippen molar-refractivity contribution in [1.29, 1.82) is 5.26 Å². The summed E-state index contributed by atoms with van der Waals surface area (Å²) in [4.78, 5) is 25.7. The minimum absolute atomic E-state index is 0.0355. The molecular weight excluding hydrogens is 330 g/mol. The van der Waals surface area contributed by atoms with E-state index in [2.05, 4.69) is 20.9 Å². The number of hydrogen-bond donors (Lipinski definition) is 0. The van der Waals surface area contributed by atoms with Gasteiger partial charge < -0.3 is 14.5 Å². The number of amides is 1. The molecule has 1 saturated heterocycles. The molecule has 3 heterocycles. The molecule has 1 amide bonds. The summed E-state index contributed by atoms with van der Waals surface area (Å²) in [5.41, 5.74) is 3.19. The molecule has 7 nitrogen and oxygen atoms in total. The summed E-state index contributed by atoms with van der Waals surface area (Å²) in [6.45, 7) is 4.20. The van der Waals surface area contributed by atoms with Crippen LogP contribution in [0.15, 0.2) is 30.6 Å². The molecule has 2 aromatic rings. The Labute approximate surface area is 151 Å². The van der Waals surface area contributed by atoms with Gasteiger partial charge >= 0.3 is 0 Å². The second-order valence-electron chi connectivity index (χ2n) is 6.39. The lowest BCUT2D eigenvalue weighted by atomic mass is 10.0. The van der Waals surface area contributed by atoms with E-state index in [1.165, 1.54) is 0 Å². The number of rotatable bonds is 2. The molecular formula is C19H19N5O2. The quantitative estimate of drug-likeness (QED) is 0.815. The van der Waals surface area contributed by atoms with Gasteiger partial charge in [0.2, 0.25) is 0 Å². The number of benzene rings is 1. The van der Waals surface area contributed by atoms with Gasteiger partial charge in [0.1, 0.15) is 12.1 Å².